The maximum absolute atomic E-state index is 11.5. The van der Waals surface area contributed by atoms with Crippen molar-refractivity contribution in [2.45, 2.75) is 19.3 Å². The van der Waals surface area contributed by atoms with Crippen molar-refractivity contribution in [1.29, 1.82) is 0 Å². The zero-order chi connectivity index (χ0) is 8.77. The van der Waals surface area contributed by atoms with Gasteiger partial charge in [0.15, 0.2) is 0 Å². The van der Waals surface area contributed by atoms with E-state index in [9.17, 15) is 3.83 Å². The first-order valence-electron chi connectivity index (χ1n) is 3.84. The van der Waals surface area contributed by atoms with Crippen LogP contribution in [0.5, 0.6) is 0 Å². The molecule has 0 aliphatic carbocycles. The molecule has 1 aliphatic heterocycles. The average Bonchev–Trinajstić information content (AvgIpc) is 2.46. The molecule has 0 fully saturated rings. The topological polar surface area (TPSA) is 29.1 Å². The van der Waals surface area contributed by atoms with Crippen molar-refractivity contribution in [3.05, 3.63) is 17.0 Å². The molecule has 1 unspecified atom stereocenters. The van der Waals surface area contributed by atoms with Gasteiger partial charge in [0.05, 0.1) is 0 Å². The molecule has 12 heavy (non-hydrogen) atoms. The van der Waals surface area contributed by atoms with Crippen molar-refractivity contribution in [1.82, 2.24) is 4.33 Å². The average molecular weight is 248 g/mol. The molecule has 2 rings (SSSR count). The molecule has 1 aliphatic rings. The molecule has 0 radical (unpaired) electrons. The second-order valence-corrected chi connectivity index (χ2v) is 7.68. The summed E-state index contributed by atoms with van der Waals surface area (Å²) in [5, 5.41) is 2.04. The molecule has 0 amide bonds. The van der Waals surface area contributed by atoms with Crippen LogP contribution in [0.15, 0.2) is 11.4 Å². The number of hydrogen-bond donors (Lipinski definition) is 1. The third-order valence-corrected chi connectivity index (χ3v) is 6.29. The summed E-state index contributed by atoms with van der Waals surface area (Å²) in [5.41, 5.74) is 1.44. The Kier molecular flexibility index (Phi) is 1.96. The number of hydrogen-bond acceptors (Lipinski definition) is 2. The molecular formula is C8H11NOSSe. The van der Waals surface area contributed by atoms with Crippen molar-refractivity contribution < 1.29 is 3.83 Å². The Balaban J connectivity index is 2.57. The normalized spacial score (nSPS) is 26.7. The van der Waals surface area contributed by atoms with E-state index in [4.69, 9.17) is 0 Å². The molecule has 0 spiro atoms. The van der Waals surface area contributed by atoms with E-state index in [0.29, 0.717) is 0 Å². The summed E-state index contributed by atoms with van der Waals surface area (Å²) < 4.78 is 15.7. The molecule has 66 valence electrons. The van der Waals surface area contributed by atoms with Crippen LogP contribution in [-0.4, -0.2) is 20.6 Å². The standard InChI is InChI=1S/C8H11NOSSe/c1-8(2)5-9-12(10)7-6(8)3-4-11-7/h3-4,9H,5H2,1-2H3. The summed E-state index contributed by atoms with van der Waals surface area (Å²) in [6.07, 6.45) is 0. The van der Waals surface area contributed by atoms with Crippen LogP contribution in [0.1, 0.15) is 19.4 Å². The third kappa shape index (κ3) is 1.19. The van der Waals surface area contributed by atoms with Crippen molar-refractivity contribution in [3.8, 4) is 0 Å². The van der Waals surface area contributed by atoms with Crippen LogP contribution in [0, 0.1) is 0 Å². The van der Waals surface area contributed by atoms with Crippen molar-refractivity contribution in [2.24, 2.45) is 0 Å². The Labute approximate surface area is 80.3 Å². The number of nitrogens with one attached hydrogen (secondary N) is 1. The fraction of sp³-hybridized carbons (Fsp3) is 0.500. The first kappa shape index (κ1) is 8.57. The van der Waals surface area contributed by atoms with Crippen LogP contribution >= 0.6 is 11.3 Å². The van der Waals surface area contributed by atoms with Gasteiger partial charge in [0.2, 0.25) is 0 Å². The van der Waals surface area contributed by atoms with Gasteiger partial charge in [-0.25, -0.2) is 0 Å². The predicted octanol–water partition coefficient (Wildman–Crippen LogP) is 0.755. The van der Waals surface area contributed by atoms with Gasteiger partial charge in [-0.2, -0.15) is 0 Å². The van der Waals surface area contributed by atoms with E-state index in [0.717, 1.165) is 10.3 Å². The van der Waals surface area contributed by atoms with Crippen LogP contribution in [0.2, 0.25) is 0 Å². The fourth-order valence-corrected chi connectivity index (χ4v) is 5.89. The van der Waals surface area contributed by atoms with Crippen LogP contribution in [0.4, 0.5) is 0 Å². The monoisotopic (exact) mass is 249 g/mol. The minimum atomic E-state index is -1.88. The molecule has 1 aromatic heterocycles. The molecule has 1 aromatic rings. The summed E-state index contributed by atoms with van der Waals surface area (Å²) in [7, 11) is 0. The molecule has 2 heterocycles. The molecule has 0 saturated carbocycles. The van der Waals surface area contributed by atoms with Crippen LogP contribution in [-0.2, 0) is 9.25 Å². The van der Waals surface area contributed by atoms with Gasteiger partial charge >= 0.3 is 80.1 Å². The van der Waals surface area contributed by atoms with Gasteiger partial charge in [-0.1, -0.05) is 0 Å². The van der Waals surface area contributed by atoms with E-state index < -0.39 is 14.1 Å². The van der Waals surface area contributed by atoms with Crippen LogP contribution in [0.3, 0.4) is 0 Å². The van der Waals surface area contributed by atoms with Crippen molar-refractivity contribution >= 4 is 29.2 Å². The Bertz CT molecular complexity index is 332. The Morgan fingerprint density at radius 2 is 2.42 bits per heavy atom. The van der Waals surface area contributed by atoms with Crippen molar-refractivity contribution in [3.63, 3.8) is 0 Å². The van der Waals surface area contributed by atoms with E-state index in [-0.39, 0.29) is 5.41 Å². The molecule has 0 saturated heterocycles. The van der Waals surface area contributed by atoms with Gasteiger partial charge in [0.25, 0.3) is 0 Å². The second-order valence-electron chi connectivity index (χ2n) is 3.60. The quantitative estimate of drug-likeness (QED) is 0.687. The van der Waals surface area contributed by atoms with Gasteiger partial charge in [-0.15, -0.1) is 0 Å². The van der Waals surface area contributed by atoms with Gasteiger partial charge in [0.1, 0.15) is 0 Å². The predicted molar refractivity (Wildman–Crippen MR) is 51.4 cm³/mol. The summed E-state index contributed by atoms with van der Waals surface area (Å²) in [4.78, 5) is 0. The molecule has 2 nitrogen and oxygen atoms in total. The molecule has 0 aromatic carbocycles. The minimum absolute atomic E-state index is 0.153. The number of fused-ring (bicyclic) bond motifs is 1. The molecule has 0 bridgehead atoms. The molecule has 1 atom stereocenters. The zero-order valence-corrected chi connectivity index (χ0v) is 9.62. The first-order valence-corrected chi connectivity index (χ1v) is 7.14. The summed E-state index contributed by atoms with van der Waals surface area (Å²) in [6.45, 7) is 5.21. The first-order chi connectivity index (χ1) is 5.61. The zero-order valence-electron chi connectivity index (χ0n) is 7.09. The van der Waals surface area contributed by atoms with Crippen LogP contribution < -0.4 is 8.11 Å². The van der Waals surface area contributed by atoms with Gasteiger partial charge in [-0.3, -0.25) is 0 Å². The van der Waals surface area contributed by atoms with E-state index >= 15 is 0 Å². The molecule has 4 heteroatoms. The Morgan fingerprint density at radius 3 is 3.08 bits per heavy atom. The summed E-state index contributed by atoms with van der Waals surface area (Å²) >= 11 is -0.260. The van der Waals surface area contributed by atoms with E-state index in [1.54, 1.807) is 11.3 Å². The maximum atomic E-state index is 11.5. The SMILES string of the molecule is CC1(C)CN[Se](=O)c2sccc21. The molecular weight excluding hydrogens is 237 g/mol. The van der Waals surface area contributed by atoms with E-state index in [1.807, 2.05) is 5.38 Å². The van der Waals surface area contributed by atoms with Crippen LogP contribution in [0.25, 0.3) is 0 Å². The Morgan fingerprint density at radius 1 is 1.67 bits per heavy atom. The number of thiophene rings is 1. The fourth-order valence-electron chi connectivity index (χ4n) is 1.35. The van der Waals surface area contributed by atoms with E-state index in [1.165, 1.54) is 5.56 Å². The van der Waals surface area contributed by atoms with E-state index in [2.05, 4.69) is 24.2 Å². The van der Waals surface area contributed by atoms with Gasteiger partial charge in [-0.05, 0) is 0 Å². The van der Waals surface area contributed by atoms with Crippen molar-refractivity contribution in [2.75, 3.05) is 6.54 Å². The number of rotatable bonds is 0. The third-order valence-electron chi connectivity index (χ3n) is 2.17. The summed E-state index contributed by atoms with van der Waals surface area (Å²) in [5.74, 6) is 0. The molecule has 1 N–H and O–H groups in total. The Hall–Kier alpha value is -0.0205. The summed E-state index contributed by atoms with van der Waals surface area (Å²) in [6, 6.07) is 2.11. The van der Waals surface area contributed by atoms with Gasteiger partial charge in [0, 0.05) is 0 Å². The second kappa shape index (κ2) is 2.74. The van der Waals surface area contributed by atoms with Gasteiger partial charge < -0.3 is 0 Å².